The zero-order valence-electron chi connectivity index (χ0n) is 11.1. The molecular formula is C12H21N3O2S. The second-order valence-corrected chi connectivity index (χ2v) is 6.93. The minimum atomic E-state index is -2.91. The van der Waals surface area contributed by atoms with E-state index in [1.165, 1.54) is 6.26 Å². The van der Waals surface area contributed by atoms with E-state index in [9.17, 15) is 8.42 Å². The molecule has 0 radical (unpaired) electrons. The van der Waals surface area contributed by atoms with Crippen LogP contribution in [0.15, 0.2) is 12.1 Å². The molecule has 1 aromatic heterocycles. The number of aromatic nitrogens is 1. The maximum atomic E-state index is 11.1. The number of sulfone groups is 1. The number of nitrogens with two attached hydrogens (primary N) is 1. The van der Waals surface area contributed by atoms with Crippen LogP contribution in [-0.2, 0) is 9.84 Å². The number of nitrogens with zero attached hydrogens (tertiary/aromatic N) is 1. The Bertz CT molecular complexity index is 480. The van der Waals surface area contributed by atoms with E-state index < -0.39 is 9.84 Å². The average molecular weight is 271 g/mol. The first-order valence-corrected chi connectivity index (χ1v) is 7.97. The molecule has 1 heterocycles. The predicted octanol–water partition coefficient (Wildman–Crippen LogP) is 1.03. The molecule has 1 unspecified atom stereocenters. The number of hydrogen-bond acceptors (Lipinski definition) is 5. The molecule has 0 bridgehead atoms. The summed E-state index contributed by atoms with van der Waals surface area (Å²) in [7, 11) is -2.91. The number of rotatable bonds is 6. The van der Waals surface area contributed by atoms with Crippen LogP contribution in [-0.4, -0.2) is 25.4 Å². The van der Waals surface area contributed by atoms with Gasteiger partial charge in [0.15, 0.2) is 0 Å². The zero-order valence-corrected chi connectivity index (χ0v) is 11.9. The van der Waals surface area contributed by atoms with Crippen LogP contribution in [0.3, 0.4) is 0 Å². The van der Waals surface area contributed by atoms with Crippen LogP contribution in [0.2, 0.25) is 0 Å². The molecule has 18 heavy (non-hydrogen) atoms. The summed E-state index contributed by atoms with van der Waals surface area (Å²) in [5.74, 6) is 5.72. The first kappa shape index (κ1) is 15.1. The highest BCUT2D eigenvalue weighted by Crippen LogP contribution is 2.19. The van der Waals surface area contributed by atoms with Crippen molar-refractivity contribution in [2.24, 2.45) is 5.84 Å². The Kier molecular flexibility index (Phi) is 5.25. The summed E-state index contributed by atoms with van der Waals surface area (Å²) in [6.45, 7) is 3.86. The minimum absolute atomic E-state index is 0.0350. The van der Waals surface area contributed by atoms with Crippen molar-refractivity contribution >= 4 is 9.84 Å². The van der Waals surface area contributed by atoms with Gasteiger partial charge in [0.25, 0.3) is 0 Å². The van der Waals surface area contributed by atoms with E-state index in [0.717, 1.165) is 17.0 Å². The minimum Gasteiger partial charge on any atom is -0.271 e. The van der Waals surface area contributed by atoms with Gasteiger partial charge in [-0.3, -0.25) is 16.3 Å². The molecule has 102 valence electrons. The van der Waals surface area contributed by atoms with E-state index in [1.54, 1.807) is 0 Å². The molecule has 6 heteroatoms. The van der Waals surface area contributed by atoms with Crippen molar-refractivity contribution in [1.29, 1.82) is 0 Å². The fourth-order valence-corrected chi connectivity index (χ4v) is 2.65. The standard InChI is InChI=1S/C12H21N3O2S/c1-9-7-11(8-10(2)14-9)12(15-13)5-4-6-18(3,16)17/h7-8,12,15H,4-6,13H2,1-3H3. The van der Waals surface area contributed by atoms with Crippen molar-refractivity contribution in [1.82, 2.24) is 10.4 Å². The molecule has 0 spiro atoms. The van der Waals surface area contributed by atoms with Gasteiger partial charge in [0.05, 0.1) is 0 Å². The maximum Gasteiger partial charge on any atom is 0.147 e. The predicted molar refractivity (Wildman–Crippen MR) is 72.7 cm³/mol. The third-order valence-electron chi connectivity index (χ3n) is 2.72. The first-order chi connectivity index (χ1) is 8.31. The summed E-state index contributed by atoms with van der Waals surface area (Å²) >= 11 is 0. The molecule has 1 aromatic rings. The lowest BCUT2D eigenvalue weighted by Gasteiger charge is -2.17. The summed E-state index contributed by atoms with van der Waals surface area (Å²) in [5, 5.41) is 0. The molecule has 0 aliphatic carbocycles. The third kappa shape index (κ3) is 5.12. The Hall–Kier alpha value is -0.980. The van der Waals surface area contributed by atoms with Crippen molar-refractivity contribution in [2.45, 2.75) is 32.7 Å². The van der Waals surface area contributed by atoms with E-state index >= 15 is 0 Å². The number of pyridine rings is 1. The third-order valence-corrected chi connectivity index (χ3v) is 3.75. The fourth-order valence-electron chi connectivity index (χ4n) is 1.96. The summed E-state index contributed by atoms with van der Waals surface area (Å²) in [6.07, 6.45) is 2.53. The maximum absolute atomic E-state index is 11.1. The van der Waals surface area contributed by atoms with Gasteiger partial charge in [0.1, 0.15) is 9.84 Å². The van der Waals surface area contributed by atoms with Crippen LogP contribution in [0.25, 0.3) is 0 Å². The van der Waals surface area contributed by atoms with Gasteiger partial charge in [-0.25, -0.2) is 8.42 Å². The van der Waals surface area contributed by atoms with Crippen molar-refractivity contribution in [2.75, 3.05) is 12.0 Å². The molecular weight excluding hydrogens is 250 g/mol. The van der Waals surface area contributed by atoms with Gasteiger partial charge >= 0.3 is 0 Å². The van der Waals surface area contributed by atoms with Gasteiger partial charge < -0.3 is 0 Å². The van der Waals surface area contributed by atoms with Crippen LogP contribution in [0.5, 0.6) is 0 Å². The Morgan fingerprint density at radius 1 is 1.33 bits per heavy atom. The Labute approximate surface area is 109 Å². The highest BCUT2D eigenvalue weighted by molar-refractivity contribution is 7.90. The van der Waals surface area contributed by atoms with Crippen LogP contribution in [0.4, 0.5) is 0 Å². The van der Waals surface area contributed by atoms with Crippen molar-refractivity contribution in [3.8, 4) is 0 Å². The normalized spacial score (nSPS) is 13.6. The monoisotopic (exact) mass is 271 g/mol. The Balaban J connectivity index is 2.71. The zero-order chi connectivity index (χ0) is 13.8. The van der Waals surface area contributed by atoms with Gasteiger partial charge in [-0.1, -0.05) is 0 Å². The second kappa shape index (κ2) is 6.26. The van der Waals surface area contributed by atoms with E-state index in [0.29, 0.717) is 12.8 Å². The highest BCUT2D eigenvalue weighted by Gasteiger charge is 2.12. The topological polar surface area (TPSA) is 85.1 Å². The second-order valence-electron chi connectivity index (χ2n) is 4.67. The van der Waals surface area contributed by atoms with Gasteiger partial charge in [-0.2, -0.15) is 0 Å². The summed E-state index contributed by atoms with van der Waals surface area (Å²) in [4.78, 5) is 4.31. The quantitative estimate of drug-likeness (QED) is 0.596. The van der Waals surface area contributed by atoms with E-state index in [1.807, 2.05) is 26.0 Å². The summed E-state index contributed by atoms with van der Waals surface area (Å²) in [6, 6.07) is 3.91. The molecule has 0 amide bonds. The van der Waals surface area contributed by atoms with Gasteiger partial charge in [0.2, 0.25) is 0 Å². The molecule has 0 fully saturated rings. The first-order valence-electron chi connectivity index (χ1n) is 5.91. The number of hydrazine groups is 1. The fraction of sp³-hybridized carbons (Fsp3) is 0.583. The molecule has 3 N–H and O–H groups in total. The van der Waals surface area contributed by atoms with Gasteiger partial charge in [0, 0.05) is 29.4 Å². The van der Waals surface area contributed by atoms with Crippen LogP contribution in [0, 0.1) is 13.8 Å². The average Bonchev–Trinajstić information content (AvgIpc) is 2.21. The van der Waals surface area contributed by atoms with Crippen molar-refractivity contribution < 1.29 is 8.42 Å². The molecule has 0 aliphatic rings. The van der Waals surface area contributed by atoms with E-state index in [2.05, 4.69) is 10.4 Å². The lowest BCUT2D eigenvalue weighted by molar-refractivity contribution is 0.506. The Morgan fingerprint density at radius 3 is 2.33 bits per heavy atom. The lowest BCUT2D eigenvalue weighted by Crippen LogP contribution is -2.28. The molecule has 0 saturated heterocycles. The molecule has 5 nitrogen and oxygen atoms in total. The van der Waals surface area contributed by atoms with Gasteiger partial charge in [-0.05, 0) is 44.4 Å². The largest absolute Gasteiger partial charge is 0.271 e. The number of aryl methyl sites for hydroxylation is 2. The molecule has 0 aromatic carbocycles. The lowest BCUT2D eigenvalue weighted by atomic mass is 10.0. The highest BCUT2D eigenvalue weighted by atomic mass is 32.2. The van der Waals surface area contributed by atoms with Gasteiger partial charge in [-0.15, -0.1) is 0 Å². The molecule has 1 rings (SSSR count). The molecule has 0 aliphatic heterocycles. The van der Waals surface area contributed by atoms with Crippen LogP contribution >= 0.6 is 0 Å². The number of hydrogen-bond donors (Lipinski definition) is 2. The SMILES string of the molecule is Cc1cc(C(CCCS(C)(=O)=O)NN)cc(C)n1. The van der Waals surface area contributed by atoms with Crippen molar-refractivity contribution in [3.05, 3.63) is 29.1 Å². The molecule has 0 saturated carbocycles. The van der Waals surface area contributed by atoms with E-state index in [-0.39, 0.29) is 11.8 Å². The van der Waals surface area contributed by atoms with Crippen molar-refractivity contribution in [3.63, 3.8) is 0 Å². The summed E-state index contributed by atoms with van der Waals surface area (Å²) < 4.78 is 22.2. The van der Waals surface area contributed by atoms with Crippen LogP contribution < -0.4 is 11.3 Å². The number of nitrogens with one attached hydrogen (secondary N) is 1. The van der Waals surface area contributed by atoms with E-state index in [4.69, 9.17) is 5.84 Å². The summed E-state index contributed by atoms with van der Waals surface area (Å²) in [5.41, 5.74) is 5.66. The smallest absolute Gasteiger partial charge is 0.147 e. The van der Waals surface area contributed by atoms with Crippen LogP contribution in [0.1, 0.15) is 35.8 Å². The Morgan fingerprint density at radius 2 is 1.89 bits per heavy atom. The molecule has 1 atom stereocenters.